The molecular weight excluding hydrogens is 242 g/mol. The molecule has 2 N–H and O–H groups in total. The van der Waals surface area contributed by atoms with E-state index < -0.39 is 0 Å². The van der Waals surface area contributed by atoms with Gasteiger partial charge in [-0.15, -0.1) is 11.3 Å². The summed E-state index contributed by atoms with van der Waals surface area (Å²) in [5.41, 5.74) is 9.06. The third kappa shape index (κ3) is 2.60. The first-order valence-electron chi connectivity index (χ1n) is 6.05. The Morgan fingerprint density at radius 2 is 2.06 bits per heavy atom. The van der Waals surface area contributed by atoms with E-state index in [9.17, 15) is 0 Å². The Morgan fingerprint density at radius 3 is 2.56 bits per heavy atom. The molecule has 0 aliphatic rings. The van der Waals surface area contributed by atoms with Gasteiger partial charge in [-0.25, -0.2) is 4.98 Å². The summed E-state index contributed by atoms with van der Waals surface area (Å²) in [5.74, 6) is 0. The first-order chi connectivity index (χ1) is 8.41. The monoisotopic (exact) mass is 261 g/mol. The van der Waals surface area contributed by atoms with Gasteiger partial charge < -0.3 is 5.73 Å². The smallest absolute Gasteiger partial charge is 0.142 e. The summed E-state index contributed by atoms with van der Waals surface area (Å²) < 4.78 is 0. The molecule has 0 bridgehead atoms. The molecule has 0 saturated heterocycles. The van der Waals surface area contributed by atoms with Crippen LogP contribution in [-0.2, 0) is 12.0 Å². The summed E-state index contributed by atoms with van der Waals surface area (Å²) in [6.45, 7) is 9.08. The molecule has 0 aromatic carbocycles. The van der Waals surface area contributed by atoms with Gasteiger partial charge in [0.15, 0.2) is 0 Å². The van der Waals surface area contributed by atoms with Crippen molar-refractivity contribution < 1.29 is 0 Å². The topological polar surface area (TPSA) is 51.8 Å². The van der Waals surface area contributed by atoms with Gasteiger partial charge in [-0.1, -0.05) is 20.8 Å². The van der Waals surface area contributed by atoms with Gasteiger partial charge in [-0.3, -0.25) is 4.98 Å². The Hall–Kier alpha value is -1.26. The zero-order valence-corrected chi connectivity index (χ0v) is 12.1. The lowest BCUT2D eigenvalue weighted by atomic mass is 9.91. The van der Waals surface area contributed by atoms with E-state index in [1.54, 1.807) is 11.3 Å². The number of aromatic nitrogens is 2. The lowest BCUT2D eigenvalue weighted by Crippen LogP contribution is -2.15. The average Bonchev–Trinajstić information content (AvgIpc) is 2.72. The van der Waals surface area contributed by atoms with Crippen LogP contribution in [0.15, 0.2) is 18.3 Å². The van der Waals surface area contributed by atoms with Crippen LogP contribution in [0, 0.1) is 6.92 Å². The quantitative estimate of drug-likeness (QED) is 0.902. The van der Waals surface area contributed by atoms with E-state index in [1.165, 1.54) is 5.56 Å². The molecule has 96 valence electrons. The summed E-state index contributed by atoms with van der Waals surface area (Å²) in [6.07, 6.45) is 1.82. The van der Waals surface area contributed by atoms with E-state index in [2.05, 4.69) is 38.7 Å². The van der Waals surface area contributed by atoms with Crippen molar-refractivity contribution in [2.75, 3.05) is 0 Å². The number of aryl methyl sites for hydroxylation is 1. The highest BCUT2D eigenvalue weighted by Crippen LogP contribution is 2.33. The van der Waals surface area contributed by atoms with Gasteiger partial charge >= 0.3 is 0 Å². The molecule has 0 amide bonds. The van der Waals surface area contributed by atoms with Crippen LogP contribution in [0.1, 0.15) is 36.9 Å². The highest BCUT2D eigenvalue weighted by molar-refractivity contribution is 7.15. The Labute approximate surface area is 112 Å². The number of hydrogen-bond acceptors (Lipinski definition) is 4. The van der Waals surface area contributed by atoms with Crippen LogP contribution in [0.25, 0.3) is 10.7 Å². The number of rotatable bonds is 2. The Kier molecular flexibility index (Phi) is 3.50. The highest BCUT2D eigenvalue weighted by atomic mass is 32.1. The SMILES string of the molecule is Cc1ccnc(-c2nc(C(C)(C)C)c(CN)s2)c1. The van der Waals surface area contributed by atoms with Gasteiger partial charge in [-0.2, -0.15) is 0 Å². The van der Waals surface area contributed by atoms with Crippen LogP contribution < -0.4 is 5.73 Å². The van der Waals surface area contributed by atoms with Crippen molar-refractivity contribution in [3.8, 4) is 10.7 Å². The minimum Gasteiger partial charge on any atom is -0.326 e. The maximum absolute atomic E-state index is 5.82. The molecule has 0 fully saturated rings. The lowest BCUT2D eigenvalue weighted by Gasteiger charge is -2.16. The van der Waals surface area contributed by atoms with Crippen molar-refractivity contribution in [2.24, 2.45) is 5.73 Å². The lowest BCUT2D eigenvalue weighted by molar-refractivity contribution is 0.567. The number of hydrogen-bond donors (Lipinski definition) is 1. The zero-order chi connectivity index (χ0) is 13.3. The molecule has 0 aliphatic heterocycles. The minimum absolute atomic E-state index is 0.0211. The molecule has 0 saturated carbocycles. The number of nitrogens with zero attached hydrogens (tertiary/aromatic N) is 2. The maximum atomic E-state index is 5.82. The molecule has 4 heteroatoms. The second-order valence-corrected chi connectivity index (χ2v) is 6.55. The summed E-state index contributed by atoms with van der Waals surface area (Å²) in [4.78, 5) is 10.3. The molecule has 3 nitrogen and oxygen atoms in total. The molecule has 0 spiro atoms. The largest absolute Gasteiger partial charge is 0.326 e. The minimum atomic E-state index is 0.0211. The van der Waals surface area contributed by atoms with E-state index in [0.717, 1.165) is 21.3 Å². The van der Waals surface area contributed by atoms with Crippen molar-refractivity contribution in [3.63, 3.8) is 0 Å². The van der Waals surface area contributed by atoms with Crippen molar-refractivity contribution in [2.45, 2.75) is 39.7 Å². The van der Waals surface area contributed by atoms with Gasteiger partial charge in [0, 0.05) is 23.0 Å². The van der Waals surface area contributed by atoms with Crippen molar-refractivity contribution in [1.82, 2.24) is 9.97 Å². The van der Waals surface area contributed by atoms with E-state index in [-0.39, 0.29) is 5.41 Å². The van der Waals surface area contributed by atoms with E-state index >= 15 is 0 Å². The van der Waals surface area contributed by atoms with Crippen LogP contribution >= 0.6 is 11.3 Å². The number of nitrogens with two attached hydrogens (primary N) is 1. The van der Waals surface area contributed by atoms with E-state index in [0.29, 0.717) is 6.54 Å². The summed E-state index contributed by atoms with van der Waals surface area (Å²) in [6, 6.07) is 4.05. The fourth-order valence-corrected chi connectivity index (χ4v) is 2.96. The van der Waals surface area contributed by atoms with E-state index in [4.69, 9.17) is 10.7 Å². The van der Waals surface area contributed by atoms with Crippen molar-refractivity contribution in [1.29, 1.82) is 0 Å². The van der Waals surface area contributed by atoms with Gasteiger partial charge in [-0.05, 0) is 24.6 Å². The zero-order valence-electron chi connectivity index (χ0n) is 11.3. The van der Waals surface area contributed by atoms with Crippen LogP contribution in [0.4, 0.5) is 0 Å². The highest BCUT2D eigenvalue weighted by Gasteiger charge is 2.23. The molecule has 2 aromatic heterocycles. The average molecular weight is 261 g/mol. The van der Waals surface area contributed by atoms with Crippen LogP contribution in [0.5, 0.6) is 0 Å². The number of pyridine rings is 1. The van der Waals surface area contributed by atoms with Crippen molar-refractivity contribution in [3.05, 3.63) is 34.5 Å². The first kappa shape index (κ1) is 13.2. The van der Waals surface area contributed by atoms with Crippen LogP contribution in [0.2, 0.25) is 0 Å². The summed E-state index contributed by atoms with van der Waals surface area (Å²) in [5, 5.41) is 0.962. The summed E-state index contributed by atoms with van der Waals surface area (Å²) in [7, 11) is 0. The third-order valence-corrected chi connectivity index (χ3v) is 3.83. The molecule has 0 unspecified atom stereocenters. The standard InChI is InChI=1S/C14H19N3S/c1-9-5-6-16-10(7-9)13-17-12(14(2,3)4)11(8-15)18-13/h5-7H,8,15H2,1-4H3. The molecule has 0 atom stereocenters. The normalized spacial score (nSPS) is 11.8. The van der Waals surface area contributed by atoms with Crippen LogP contribution in [-0.4, -0.2) is 9.97 Å². The van der Waals surface area contributed by atoms with E-state index in [1.807, 2.05) is 12.3 Å². The predicted molar refractivity (Wildman–Crippen MR) is 76.7 cm³/mol. The molecule has 2 rings (SSSR count). The molecule has 18 heavy (non-hydrogen) atoms. The Bertz CT molecular complexity index is 552. The molecule has 0 radical (unpaired) electrons. The van der Waals surface area contributed by atoms with Crippen LogP contribution in [0.3, 0.4) is 0 Å². The molecule has 0 aliphatic carbocycles. The van der Waals surface area contributed by atoms with Crippen molar-refractivity contribution >= 4 is 11.3 Å². The van der Waals surface area contributed by atoms with Gasteiger partial charge in [0.1, 0.15) is 5.01 Å². The predicted octanol–water partition coefficient (Wildman–Crippen LogP) is 3.27. The fraction of sp³-hybridized carbons (Fsp3) is 0.429. The molecule has 2 aromatic rings. The van der Waals surface area contributed by atoms with Gasteiger partial charge in [0.2, 0.25) is 0 Å². The summed E-state index contributed by atoms with van der Waals surface area (Å²) >= 11 is 1.65. The maximum Gasteiger partial charge on any atom is 0.142 e. The second-order valence-electron chi connectivity index (χ2n) is 5.46. The van der Waals surface area contributed by atoms with Gasteiger partial charge in [0.25, 0.3) is 0 Å². The Balaban J connectivity index is 2.51. The Morgan fingerprint density at radius 1 is 1.33 bits per heavy atom. The third-order valence-electron chi connectivity index (χ3n) is 2.73. The fourth-order valence-electron chi connectivity index (χ4n) is 1.84. The molecular formula is C14H19N3S. The number of thiazole rings is 1. The second kappa shape index (κ2) is 4.78. The first-order valence-corrected chi connectivity index (χ1v) is 6.86. The van der Waals surface area contributed by atoms with Gasteiger partial charge in [0.05, 0.1) is 11.4 Å². The molecule has 2 heterocycles.